The number of nitrogens with one attached hydrogen (secondary N) is 1. The van der Waals surface area contributed by atoms with E-state index in [-0.39, 0.29) is 10.6 Å². The van der Waals surface area contributed by atoms with E-state index < -0.39 is 0 Å². The summed E-state index contributed by atoms with van der Waals surface area (Å²) in [5.41, 5.74) is -0.366. The second kappa shape index (κ2) is 4.11. The van der Waals surface area contributed by atoms with E-state index >= 15 is 0 Å². The van der Waals surface area contributed by atoms with Crippen molar-refractivity contribution >= 4 is 23.4 Å². The second-order valence-electron chi connectivity index (χ2n) is 3.59. The highest BCUT2D eigenvalue weighted by Gasteiger charge is 2.28. The van der Waals surface area contributed by atoms with Crippen molar-refractivity contribution in [2.75, 3.05) is 0 Å². The first-order valence-corrected chi connectivity index (χ1v) is 6.14. The quantitative estimate of drug-likeness (QED) is 0.834. The van der Waals surface area contributed by atoms with Gasteiger partial charge in [-0.05, 0) is 35.0 Å². The minimum atomic E-state index is -0.366. The Hall–Kier alpha value is -1.41. The van der Waals surface area contributed by atoms with Crippen LogP contribution in [-0.2, 0) is 0 Å². The Balaban J connectivity index is 1.93. The number of nitrogens with zero attached hydrogens (tertiary/aromatic N) is 5. The van der Waals surface area contributed by atoms with Gasteiger partial charge in [0.25, 0.3) is 5.56 Å². The summed E-state index contributed by atoms with van der Waals surface area (Å²) in [6.07, 6.45) is 3.46. The Kier molecular flexibility index (Phi) is 2.60. The summed E-state index contributed by atoms with van der Waals surface area (Å²) in [4.78, 5) is 17.7. The summed E-state index contributed by atoms with van der Waals surface area (Å²) in [5.74, 6) is 0. The lowest BCUT2D eigenvalue weighted by molar-refractivity contribution is 0.565. The highest BCUT2D eigenvalue weighted by atomic mass is 35.5. The van der Waals surface area contributed by atoms with Crippen LogP contribution < -0.4 is 5.56 Å². The van der Waals surface area contributed by atoms with Crippen LogP contribution >= 0.6 is 23.4 Å². The standard InChI is InChI=1S/C8H7ClN6OS/c9-5-6(16)10-3-11-7(5)17-8-12-13-14-15(8)4-1-2-4/h3-4H,1-2H2,(H,10,11,16). The van der Waals surface area contributed by atoms with Gasteiger partial charge in [0.05, 0.1) is 12.4 Å². The molecule has 1 saturated carbocycles. The van der Waals surface area contributed by atoms with Gasteiger partial charge in [-0.1, -0.05) is 11.6 Å². The Morgan fingerprint density at radius 2 is 2.35 bits per heavy atom. The number of hydrogen-bond acceptors (Lipinski definition) is 6. The fourth-order valence-electron chi connectivity index (χ4n) is 1.33. The summed E-state index contributed by atoms with van der Waals surface area (Å²) in [7, 11) is 0. The summed E-state index contributed by atoms with van der Waals surface area (Å²) < 4.78 is 1.74. The monoisotopic (exact) mass is 270 g/mol. The molecule has 0 saturated heterocycles. The molecule has 0 unspecified atom stereocenters. The fourth-order valence-corrected chi connectivity index (χ4v) is 2.36. The molecular weight excluding hydrogens is 264 g/mol. The Bertz CT molecular complexity index is 606. The predicted octanol–water partition coefficient (Wildman–Crippen LogP) is 0.896. The Morgan fingerprint density at radius 1 is 1.53 bits per heavy atom. The van der Waals surface area contributed by atoms with Crippen molar-refractivity contribution in [1.82, 2.24) is 30.2 Å². The molecule has 0 spiro atoms. The molecule has 0 atom stereocenters. The van der Waals surface area contributed by atoms with Gasteiger partial charge in [-0.25, -0.2) is 9.67 Å². The minimum Gasteiger partial charge on any atom is -0.312 e. The number of hydrogen-bond donors (Lipinski definition) is 1. The smallest absolute Gasteiger partial charge is 0.270 e. The number of H-pyrrole nitrogens is 1. The zero-order chi connectivity index (χ0) is 11.8. The lowest BCUT2D eigenvalue weighted by Gasteiger charge is -2.01. The molecule has 7 nitrogen and oxygen atoms in total. The molecule has 1 aliphatic rings. The third-order valence-electron chi connectivity index (χ3n) is 2.31. The van der Waals surface area contributed by atoms with Crippen molar-refractivity contribution in [3.8, 4) is 0 Å². The zero-order valence-electron chi connectivity index (χ0n) is 8.50. The molecule has 1 aliphatic carbocycles. The van der Waals surface area contributed by atoms with Gasteiger partial charge < -0.3 is 4.98 Å². The van der Waals surface area contributed by atoms with Crippen molar-refractivity contribution in [2.24, 2.45) is 0 Å². The molecule has 2 aromatic rings. The summed E-state index contributed by atoms with van der Waals surface area (Å²) in [6, 6.07) is 0.369. The minimum absolute atomic E-state index is 0.0582. The molecule has 3 rings (SSSR count). The topological polar surface area (TPSA) is 89.3 Å². The maximum absolute atomic E-state index is 11.3. The molecule has 9 heteroatoms. The number of aromatic nitrogens is 6. The number of rotatable bonds is 3. The van der Waals surface area contributed by atoms with Crippen LogP contribution in [-0.4, -0.2) is 30.2 Å². The van der Waals surface area contributed by atoms with Crippen molar-refractivity contribution in [3.05, 3.63) is 21.7 Å². The van der Waals surface area contributed by atoms with Crippen LogP contribution in [0.4, 0.5) is 0 Å². The van der Waals surface area contributed by atoms with Gasteiger partial charge in [0.2, 0.25) is 5.16 Å². The molecule has 1 fully saturated rings. The zero-order valence-corrected chi connectivity index (χ0v) is 10.1. The molecule has 17 heavy (non-hydrogen) atoms. The largest absolute Gasteiger partial charge is 0.312 e. The van der Waals surface area contributed by atoms with Crippen LogP contribution in [0.25, 0.3) is 0 Å². The van der Waals surface area contributed by atoms with Gasteiger partial charge in [0.15, 0.2) is 0 Å². The van der Waals surface area contributed by atoms with E-state index in [1.54, 1.807) is 4.68 Å². The molecular formula is C8H7ClN6OS. The van der Waals surface area contributed by atoms with E-state index in [9.17, 15) is 4.79 Å². The molecule has 1 N–H and O–H groups in total. The van der Waals surface area contributed by atoms with Crippen molar-refractivity contribution in [2.45, 2.75) is 29.1 Å². The predicted molar refractivity (Wildman–Crippen MR) is 60.1 cm³/mol. The molecule has 0 aromatic carbocycles. The number of aromatic amines is 1. The Morgan fingerprint density at radius 3 is 3.12 bits per heavy atom. The third-order valence-corrected chi connectivity index (χ3v) is 3.72. The van der Waals surface area contributed by atoms with Gasteiger partial charge >= 0.3 is 0 Å². The molecule has 88 valence electrons. The SMILES string of the molecule is O=c1[nH]cnc(Sc2nnnn2C2CC2)c1Cl. The first-order valence-electron chi connectivity index (χ1n) is 4.94. The van der Waals surface area contributed by atoms with Crippen molar-refractivity contribution in [3.63, 3.8) is 0 Å². The summed E-state index contributed by atoms with van der Waals surface area (Å²) in [5, 5.41) is 12.5. The van der Waals surface area contributed by atoms with Gasteiger partial charge in [-0.3, -0.25) is 4.79 Å². The normalized spacial score (nSPS) is 15.1. The Labute approximate surface area is 105 Å². The first-order chi connectivity index (χ1) is 8.25. The summed E-state index contributed by atoms with van der Waals surface area (Å²) >= 11 is 7.05. The van der Waals surface area contributed by atoms with Gasteiger partial charge in [0.1, 0.15) is 10.0 Å². The maximum atomic E-state index is 11.3. The van der Waals surface area contributed by atoms with Crippen LogP contribution in [0.5, 0.6) is 0 Å². The van der Waals surface area contributed by atoms with E-state index in [1.807, 2.05) is 0 Å². The number of halogens is 1. The average molecular weight is 271 g/mol. The van der Waals surface area contributed by atoms with Gasteiger partial charge in [0, 0.05) is 0 Å². The number of tetrazole rings is 1. The third kappa shape index (κ3) is 2.05. The van der Waals surface area contributed by atoms with Crippen LogP contribution in [0.1, 0.15) is 18.9 Å². The van der Waals surface area contributed by atoms with E-state index in [2.05, 4.69) is 25.5 Å². The lowest BCUT2D eigenvalue weighted by atomic mass is 10.7. The molecule has 0 amide bonds. The average Bonchev–Trinajstić information content (AvgIpc) is 3.06. The van der Waals surface area contributed by atoms with Crippen LogP contribution in [0.2, 0.25) is 5.02 Å². The van der Waals surface area contributed by atoms with E-state index in [1.165, 1.54) is 18.1 Å². The highest BCUT2D eigenvalue weighted by molar-refractivity contribution is 7.99. The van der Waals surface area contributed by atoms with Crippen molar-refractivity contribution < 1.29 is 0 Å². The second-order valence-corrected chi connectivity index (χ2v) is 4.92. The molecule has 0 aliphatic heterocycles. The van der Waals surface area contributed by atoms with Gasteiger partial charge in [-0.15, -0.1) is 5.10 Å². The summed E-state index contributed by atoms with van der Waals surface area (Å²) in [6.45, 7) is 0. The van der Waals surface area contributed by atoms with Crippen LogP contribution in [0.15, 0.2) is 21.3 Å². The first kappa shape index (κ1) is 10.7. The van der Waals surface area contributed by atoms with E-state index in [0.717, 1.165) is 12.8 Å². The van der Waals surface area contributed by atoms with E-state index in [4.69, 9.17) is 11.6 Å². The van der Waals surface area contributed by atoms with Gasteiger partial charge in [-0.2, -0.15) is 0 Å². The maximum Gasteiger partial charge on any atom is 0.270 e. The molecule has 2 heterocycles. The van der Waals surface area contributed by atoms with Crippen LogP contribution in [0.3, 0.4) is 0 Å². The highest BCUT2D eigenvalue weighted by Crippen LogP contribution is 2.38. The molecule has 2 aromatic heterocycles. The molecule has 0 radical (unpaired) electrons. The fraction of sp³-hybridized carbons (Fsp3) is 0.375. The lowest BCUT2D eigenvalue weighted by Crippen LogP contribution is -2.08. The molecule has 0 bridgehead atoms. The van der Waals surface area contributed by atoms with E-state index in [0.29, 0.717) is 16.2 Å². The van der Waals surface area contributed by atoms with Crippen molar-refractivity contribution in [1.29, 1.82) is 0 Å². The van der Waals surface area contributed by atoms with Crippen LogP contribution in [0, 0.1) is 0 Å².